The van der Waals surface area contributed by atoms with Crippen LogP contribution in [0, 0.1) is 0 Å². The van der Waals surface area contributed by atoms with E-state index < -0.39 is 6.10 Å². The summed E-state index contributed by atoms with van der Waals surface area (Å²) in [5, 5.41) is 9.75. The third-order valence-electron chi connectivity index (χ3n) is 3.73. The third kappa shape index (κ3) is 5.86. The molecule has 0 unspecified atom stereocenters. The molecule has 4 heteroatoms. The summed E-state index contributed by atoms with van der Waals surface area (Å²) in [6.45, 7) is 1.11. The van der Waals surface area contributed by atoms with E-state index in [1.807, 2.05) is 30.3 Å². The van der Waals surface area contributed by atoms with Gasteiger partial charge in [0.2, 0.25) is 0 Å². The second kappa shape index (κ2) is 8.80. The second-order valence-corrected chi connectivity index (χ2v) is 5.52. The Bertz CT molecular complexity index is 418. The number of aliphatic hydroxyl groups excluding tert-OH is 1. The molecule has 0 saturated heterocycles. The van der Waals surface area contributed by atoms with Crippen LogP contribution in [0.25, 0.3) is 0 Å². The van der Waals surface area contributed by atoms with E-state index in [-0.39, 0.29) is 12.1 Å². The van der Waals surface area contributed by atoms with Crippen LogP contribution in [0.5, 0.6) is 0 Å². The Hall–Kier alpha value is -1.39. The molecule has 0 aliphatic heterocycles. The first-order valence-corrected chi connectivity index (χ1v) is 7.75. The van der Waals surface area contributed by atoms with Gasteiger partial charge in [-0.3, -0.25) is 4.79 Å². The van der Waals surface area contributed by atoms with Crippen molar-refractivity contribution in [1.29, 1.82) is 0 Å². The van der Waals surface area contributed by atoms with Crippen molar-refractivity contribution in [2.75, 3.05) is 6.61 Å². The lowest BCUT2D eigenvalue weighted by molar-refractivity contribution is -0.157. The van der Waals surface area contributed by atoms with E-state index >= 15 is 0 Å². The van der Waals surface area contributed by atoms with E-state index in [1.165, 1.54) is 0 Å². The molecule has 0 bridgehead atoms. The topological polar surface area (TPSA) is 55.8 Å². The number of benzene rings is 1. The van der Waals surface area contributed by atoms with Crippen molar-refractivity contribution >= 4 is 5.97 Å². The van der Waals surface area contributed by atoms with Crippen molar-refractivity contribution in [1.82, 2.24) is 0 Å². The SMILES string of the molecule is O=C(CCCOCc1ccccc1)O[C@@H]1CCCC[C@H]1O. The number of hydrogen-bond donors (Lipinski definition) is 1. The highest BCUT2D eigenvalue weighted by Gasteiger charge is 2.26. The van der Waals surface area contributed by atoms with Crippen LogP contribution in [0.2, 0.25) is 0 Å². The first kappa shape index (κ1) is 16.0. The minimum Gasteiger partial charge on any atom is -0.460 e. The third-order valence-corrected chi connectivity index (χ3v) is 3.73. The fourth-order valence-corrected chi connectivity index (χ4v) is 2.53. The van der Waals surface area contributed by atoms with Gasteiger partial charge in [0, 0.05) is 13.0 Å². The van der Waals surface area contributed by atoms with Crippen molar-refractivity contribution in [3.63, 3.8) is 0 Å². The number of aliphatic hydroxyl groups is 1. The molecular formula is C17H24O4. The molecule has 4 nitrogen and oxygen atoms in total. The molecular weight excluding hydrogens is 268 g/mol. The highest BCUT2D eigenvalue weighted by Crippen LogP contribution is 2.21. The standard InChI is InChI=1S/C17H24O4/c18-15-9-4-5-10-16(15)21-17(19)11-6-12-20-13-14-7-2-1-3-8-14/h1-3,7-8,15-16,18H,4-6,9-13H2/t15-,16-/m1/s1. The number of carbonyl (C=O) groups excluding carboxylic acids is 1. The van der Waals surface area contributed by atoms with Gasteiger partial charge in [-0.25, -0.2) is 0 Å². The van der Waals surface area contributed by atoms with Crippen LogP contribution in [0.1, 0.15) is 44.1 Å². The molecule has 1 aliphatic rings. The average molecular weight is 292 g/mol. The number of esters is 1. The zero-order valence-corrected chi connectivity index (χ0v) is 12.4. The van der Waals surface area contributed by atoms with Gasteiger partial charge in [0.15, 0.2) is 0 Å². The van der Waals surface area contributed by atoms with E-state index in [0.717, 1.165) is 31.2 Å². The Morgan fingerprint density at radius 2 is 1.95 bits per heavy atom. The zero-order chi connectivity index (χ0) is 14.9. The highest BCUT2D eigenvalue weighted by atomic mass is 16.6. The Balaban J connectivity index is 1.55. The van der Waals surface area contributed by atoms with E-state index in [1.54, 1.807) is 0 Å². The molecule has 1 aliphatic carbocycles. The van der Waals surface area contributed by atoms with Crippen molar-refractivity contribution in [2.24, 2.45) is 0 Å². The molecule has 2 atom stereocenters. The molecule has 0 heterocycles. The predicted molar refractivity (Wildman–Crippen MR) is 79.7 cm³/mol. The fraction of sp³-hybridized carbons (Fsp3) is 0.588. The number of rotatable bonds is 7. The number of ether oxygens (including phenoxy) is 2. The van der Waals surface area contributed by atoms with Crippen molar-refractivity contribution in [3.8, 4) is 0 Å². The molecule has 2 rings (SSSR count). The summed E-state index contributed by atoms with van der Waals surface area (Å²) in [6, 6.07) is 9.95. The molecule has 21 heavy (non-hydrogen) atoms. The van der Waals surface area contributed by atoms with Gasteiger partial charge in [-0.2, -0.15) is 0 Å². The van der Waals surface area contributed by atoms with E-state index in [4.69, 9.17) is 9.47 Å². The summed E-state index contributed by atoms with van der Waals surface area (Å²) >= 11 is 0. The van der Waals surface area contributed by atoms with Gasteiger partial charge in [-0.15, -0.1) is 0 Å². The lowest BCUT2D eigenvalue weighted by atomic mass is 9.95. The average Bonchev–Trinajstić information content (AvgIpc) is 2.50. The molecule has 0 radical (unpaired) electrons. The lowest BCUT2D eigenvalue weighted by Gasteiger charge is -2.27. The van der Waals surface area contributed by atoms with Crippen molar-refractivity contribution in [3.05, 3.63) is 35.9 Å². The summed E-state index contributed by atoms with van der Waals surface area (Å²) in [4.78, 5) is 11.7. The summed E-state index contributed by atoms with van der Waals surface area (Å²) < 4.78 is 10.8. The van der Waals surface area contributed by atoms with Gasteiger partial charge < -0.3 is 14.6 Å². The van der Waals surface area contributed by atoms with Crippen LogP contribution in [-0.4, -0.2) is 29.9 Å². The van der Waals surface area contributed by atoms with Gasteiger partial charge in [-0.05, 0) is 31.2 Å². The Labute approximate surface area is 126 Å². The predicted octanol–water partition coefficient (Wildman–Crippen LogP) is 2.83. The normalized spacial score (nSPS) is 22.0. The van der Waals surface area contributed by atoms with Gasteiger partial charge >= 0.3 is 5.97 Å². The maximum atomic E-state index is 11.7. The molecule has 116 valence electrons. The molecule has 1 fully saturated rings. The van der Waals surface area contributed by atoms with Gasteiger partial charge in [-0.1, -0.05) is 36.8 Å². The van der Waals surface area contributed by atoms with Crippen LogP contribution in [-0.2, 0) is 20.9 Å². The lowest BCUT2D eigenvalue weighted by Crippen LogP contribution is -2.34. The minimum absolute atomic E-state index is 0.232. The van der Waals surface area contributed by atoms with Gasteiger partial charge in [0.25, 0.3) is 0 Å². The second-order valence-electron chi connectivity index (χ2n) is 5.52. The highest BCUT2D eigenvalue weighted by molar-refractivity contribution is 5.69. The number of hydrogen-bond acceptors (Lipinski definition) is 4. The molecule has 1 aromatic rings. The van der Waals surface area contributed by atoms with Crippen LogP contribution in [0.3, 0.4) is 0 Å². The van der Waals surface area contributed by atoms with E-state index in [0.29, 0.717) is 26.1 Å². The largest absolute Gasteiger partial charge is 0.460 e. The van der Waals surface area contributed by atoms with Crippen LogP contribution in [0.15, 0.2) is 30.3 Å². The van der Waals surface area contributed by atoms with Gasteiger partial charge in [0.05, 0.1) is 12.7 Å². The first-order chi connectivity index (χ1) is 10.3. The Morgan fingerprint density at radius 1 is 1.19 bits per heavy atom. The monoisotopic (exact) mass is 292 g/mol. The Morgan fingerprint density at radius 3 is 2.71 bits per heavy atom. The van der Waals surface area contributed by atoms with E-state index in [2.05, 4.69) is 0 Å². The molecule has 1 saturated carbocycles. The summed E-state index contributed by atoms with van der Waals surface area (Å²) in [6.07, 6.45) is 3.74. The van der Waals surface area contributed by atoms with Crippen LogP contribution in [0.4, 0.5) is 0 Å². The molecule has 0 spiro atoms. The molecule has 1 N–H and O–H groups in total. The summed E-state index contributed by atoms with van der Waals surface area (Å²) in [5.74, 6) is -0.232. The molecule has 0 amide bonds. The van der Waals surface area contributed by atoms with Gasteiger partial charge in [0.1, 0.15) is 6.10 Å². The fourth-order valence-electron chi connectivity index (χ4n) is 2.53. The Kier molecular flexibility index (Phi) is 6.70. The molecule has 0 aromatic heterocycles. The first-order valence-electron chi connectivity index (χ1n) is 7.75. The van der Waals surface area contributed by atoms with E-state index in [9.17, 15) is 9.90 Å². The van der Waals surface area contributed by atoms with Crippen LogP contribution >= 0.6 is 0 Å². The van der Waals surface area contributed by atoms with Crippen molar-refractivity contribution in [2.45, 2.75) is 57.3 Å². The molecule has 1 aromatic carbocycles. The minimum atomic E-state index is -0.489. The summed E-state index contributed by atoms with van der Waals surface area (Å²) in [7, 11) is 0. The van der Waals surface area contributed by atoms with Crippen molar-refractivity contribution < 1.29 is 19.4 Å². The summed E-state index contributed by atoms with van der Waals surface area (Å²) in [5.41, 5.74) is 1.13. The van der Waals surface area contributed by atoms with Crippen LogP contribution < -0.4 is 0 Å². The maximum absolute atomic E-state index is 11.7. The smallest absolute Gasteiger partial charge is 0.306 e. The number of carbonyl (C=O) groups is 1. The quantitative estimate of drug-likeness (QED) is 0.620. The maximum Gasteiger partial charge on any atom is 0.306 e. The zero-order valence-electron chi connectivity index (χ0n) is 12.4.